The third kappa shape index (κ3) is 3.41. The minimum absolute atomic E-state index is 0.342. The Morgan fingerprint density at radius 2 is 2.41 bits per heavy atom. The largest absolute Gasteiger partial charge is 0.380 e. The zero-order chi connectivity index (χ0) is 12.1. The van der Waals surface area contributed by atoms with Crippen LogP contribution in [0.3, 0.4) is 0 Å². The average Bonchev–Trinajstić information content (AvgIpc) is 2.58. The summed E-state index contributed by atoms with van der Waals surface area (Å²) in [6.45, 7) is 1.98. The second-order valence-electron chi connectivity index (χ2n) is 4.25. The molecule has 1 aromatic heterocycles. The number of pyridine rings is 1. The molecule has 0 aliphatic carbocycles. The lowest BCUT2D eigenvalue weighted by Crippen LogP contribution is -2.31. The summed E-state index contributed by atoms with van der Waals surface area (Å²) < 4.78 is 0. The standard InChI is InChI=1S/C12H16ClN3O/c13-12-5-11(9(8-17)6-15-12)16-10-3-1-2-4-14-7-10/h5-6,8,10,14H,1-4,7H2,(H,15,16). The molecule has 1 aromatic rings. The van der Waals surface area contributed by atoms with Crippen molar-refractivity contribution in [2.45, 2.75) is 25.3 Å². The number of hydrogen-bond donors (Lipinski definition) is 2. The van der Waals surface area contributed by atoms with E-state index in [-0.39, 0.29) is 0 Å². The molecule has 2 rings (SSSR count). The van der Waals surface area contributed by atoms with Gasteiger partial charge in [-0.25, -0.2) is 4.98 Å². The molecule has 1 atom stereocenters. The lowest BCUT2D eigenvalue weighted by Gasteiger charge is -2.18. The molecule has 1 unspecified atom stereocenters. The smallest absolute Gasteiger partial charge is 0.153 e. The van der Waals surface area contributed by atoms with Crippen molar-refractivity contribution >= 4 is 23.6 Å². The van der Waals surface area contributed by atoms with E-state index in [1.165, 1.54) is 19.0 Å². The maximum Gasteiger partial charge on any atom is 0.153 e. The molecule has 2 heterocycles. The van der Waals surface area contributed by atoms with Crippen LogP contribution in [0.2, 0.25) is 5.15 Å². The number of rotatable bonds is 3. The number of anilines is 1. The summed E-state index contributed by atoms with van der Waals surface area (Å²) in [6.07, 6.45) is 5.80. The van der Waals surface area contributed by atoms with Crippen LogP contribution in [-0.2, 0) is 0 Å². The fraction of sp³-hybridized carbons (Fsp3) is 0.500. The average molecular weight is 254 g/mol. The van der Waals surface area contributed by atoms with Crippen molar-refractivity contribution in [3.63, 3.8) is 0 Å². The number of carbonyl (C=O) groups excluding carboxylic acids is 1. The molecular weight excluding hydrogens is 238 g/mol. The summed E-state index contributed by atoms with van der Waals surface area (Å²) >= 11 is 5.84. The van der Waals surface area contributed by atoms with Crippen LogP contribution in [0.4, 0.5) is 5.69 Å². The lowest BCUT2D eigenvalue weighted by atomic mass is 10.1. The molecule has 5 heteroatoms. The van der Waals surface area contributed by atoms with Crippen molar-refractivity contribution in [2.24, 2.45) is 0 Å². The van der Waals surface area contributed by atoms with Crippen molar-refractivity contribution in [3.8, 4) is 0 Å². The van der Waals surface area contributed by atoms with Crippen molar-refractivity contribution in [1.29, 1.82) is 0 Å². The predicted octanol–water partition coefficient (Wildman–Crippen LogP) is 2.10. The maximum absolute atomic E-state index is 10.9. The van der Waals surface area contributed by atoms with Gasteiger partial charge >= 0.3 is 0 Å². The molecular formula is C12H16ClN3O. The van der Waals surface area contributed by atoms with Gasteiger partial charge in [0.15, 0.2) is 6.29 Å². The molecule has 0 saturated carbocycles. The summed E-state index contributed by atoms with van der Waals surface area (Å²) in [6, 6.07) is 2.05. The molecule has 4 nitrogen and oxygen atoms in total. The van der Waals surface area contributed by atoms with Gasteiger partial charge in [0.1, 0.15) is 5.15 Å². The van der Waals surface area contributed by atoms with Gasteiger partial charge in [0.25, 0.3) is 0 Å². The Balaban J connectivity index is 2.10. The minimum Gasteiger partial charge on any atom is -0.380 e. The molecule has 17 heavy (non-hydrogen) atoms. The fourth-order valence-corrected chi connectivity index (χ4v) is 2.18. The molecule has 0 bridgehead atoms. The summed E-state index contributed by atoms with van der Waals surface area (Å²) in [5.74, 6) is 0. The van der Waals surface area contributed by atoms with E-state index in [0.29, 0.717) is 16.8 Å². The molecule has 1 fully saturated rings. The van der Waals surface area contributed by atoms with Crippen LogP contribution < -0.4 is 10.6 Å². The Morgan fingerprint density at radius 3 is 3.24 bits per heavy atom. The van der Waals surface area contributed by atoms with Crippen LogP contribution in [0.1, 0.15) is 29.6 Å². The molecule has 2 N–H and O–H groups in total. The Morgan fingerprint density at radius 1 is 1.53 bits per heavy atom. The number of nitrogens with zero attached hydrogens (tertiary/aromatic N) is 1. The maximum atomic E-state index is 10.9. The van der Waals surface area contributed by atoms with E-state index in [0.717, 1.165) is 31.5 Å². The van der Waals surface area contributed by atoms with Gasteiger partial charge in [-0.3, -0.25) is 4.79 Å². The molecule has 0 spiro atoms. The van der Waals surface area contributed by atoms with Gasteiger partial charge < -0.3 is 10.6 Å². The van der Waals surface area contributed by atoms with Gasteiger partial charge in [-0.15, -0.1) is 0 Å². The highest BCUT2D eigenvalue weighted by Gasteiger charge is 2.13. The highest BCUT2D eigenvalue weighted by molar-refractivity contribution is 6.29. The van der Waals surface area contributed by atoms with Gasteiger partial charge in [0, 0.05) is 24.5 Å². The van der Waals surface area contributed by atoms with Gasteiger partial charge in [-0.2, -0.15) is 0 Å². The summed E-state index contributed by atoms with van der Waals surface area (Å²) in [5.41, 5.74) is 1.33. The summed E-state index contributed by atoms with van der Waals surface area (Å²) in [5, 5.41) is 7.14. The Hall–Kier alpha value is -1.13. The molecule has 1 aliphatic heterocycles. The van der Waals surface area contributed by atoms with E-state index in [1.54, 1.807) is 6.07 Å². The van der Waals surface area contributed by atoms with Crippen molar-refractivity contribution in [2.75, 3.05) is 18.4 Å². The Kier molecular flexibility index (Phi) is 4.34. The third-order valence-corrected chi connectivity index (χ3v) is 3.14. The van der Waals surface area contributed by atoms with Crippen LogP contribution in [0, 0.1) is 0 Å². The predicted molar refractivity (Wildman–Crippen MR) is 68.8 cm³/mol. The topological polar surface area (TPSA) is 54.0 Å². The fourth-order valence-electron chi connectivity index (χ4n) is 2.02. The Bertz CT molecular complexity index is 389. The molecule has 1 aliphatic rings. The first kappa shape index (κ1) is 12.3. The molecule has 0 amide bonds. The van der Waals surface area contributed by atoms with Crippen molar-refractivity contribution in [1.82, 2.24) is 10.3 Å². The van der Waals surface area contributed by atoms with Gasteiger partial charge in [-0.1, -0.05) is 18.0 Å². The third-order valence-electron chi connectivity index (χ3n) is 2.93. The zero-order valence-electron chi connectivity index (χ0n) is 9.58. The van der Waals surface area contributed by atoms with Crippen LogP contribution >= 0.6 is 11.6 Å². The van der Waals surface area contributed by atoms with E-state index in [1.807, 2.05) is 0 Å². The Labute approximate surface area is 106 Å². The minimum atomic E-state index is 0.342. The molecule has 0 aromatic carbocycles. The van der Waals surface area contributed by atoms with Gasteiger partial charge in [0.2, 0.25) is 0 Å². The van der Waals surface area contributed by atoms with Crippen molar-refractivity contribution in [3.05, 3.63) is 23.0 Å². The number of halogens is 1. The number of carbonyl (C=O) groups is 1. The van der Waals surface area contributed by atoms with E-state index < -0.39 is 0 Å². The second kappa shape index (κ2) is 5.98. The second-order valence-corrected chi connectivity index (χ2v) is 4.64. The van der Waals surface area contributed by atoms with Crippen molar-refractivity contribution < 1.29 is 4.79 Å². The monoisotopic (exact) mass is 253 g/mol. The van der Waals surface area contributed by atoms with Crippen LogP contribution in [0.5, 0.6) is 0 Å². The molecule has 0 radical (unpaired) electrons. The normalized spacial score (nSPS) is 20.6. The van der Waals surface area contributed by atoms with E-state index in [2.05, 4.69) is 15.6 Å². The van der Waals surface area contributed by atoms with Gasteiger partial charge in [-0.05, 0) is 25.5 Å². The quantitative estimate of drug-likeness (QED) is 0.640. The summed E-state index contributed by atoms with van der Waals surface area (Å²) in [4.78, 5) is 14.8. The van der Waals surface area contributed by atoms with Gasteiger partial charge in [0.05, 0.1) is 5.56 Å². The number of aldehydes is 1. The van der Waals surface area contributed by atoms with E-state index in [9.17, 15) is 4.79 Å². The van der Waals surface area contributed by atoms with Crippen LogP contribution in [0.25, 0.3) is 0 Å². The molecule has 92 valence electrons. The molecule has 1 saturated heterocycles. The number of nitrogens with one attached hydrogen (secondary N) is 2. The zero-order valence-corrected chi connectivity index (χ0v) is 10.3. The SMILES string of the molecule is O=Cc1cnc(Cl)cc1NC1CCCCNC1. The summed E-state index contributed by atoms with van der Waals surface area (Å²) in [7, 11) is 0. The van der Waals surface area contributed by atoms with Crippen LogP contribution in [-0.4, -0.2) is 30.4 Å². The number of hydrogen-bond acceptors (Lipinski definition) is 4. The highest BCUT2D eigenvalue weighted by Crippen LogP contribution is 2.19. The highest BCUT2D eigenvalue weighted by atomic mass is 35.5. The van der Waals surface area contributed by atoms with E-state index in [4.69, 9.17) is 11.6 Å². The first-order valence-electron chi connectivity index (χ1n) is 5.87. The first-order chi connectivity index (χ1) is 8.29. The first-order valence-corrected chi connectivity index (χ1v) is 6.25. The van der Waals surface area contributed by atoms with E-state index >= 15 is 0 Å². The van der Waals surface area contributed by atoms with Crippen LogP contribution in [0.15, 0.2) is 12.3 Å². The lowest BCUT2D eigenvalue weighted by molar-refractivity contribution is 0.112. The number of aromatic nitrogens is 1.